The van der Waals surface area contributed by atoms with Crippen LogP contribution < -0.4 is 0 Å². The largest absolute Gasteiger partial charge is 0.508 e. The van der Waals surface area contributed by atoms with Gasteiger partial charge in [0, 0.05) is 11.8 Å². The van der Waals surface area contributed by atoms with Crippen molar-refractivity contribution in [2.45, 2.75) is 43.6 Å². The summed E-state index contributed by atoms with van der Waals surface area (Å²) in [6.45, 7) is 0. The molecule has 3 nitrogen and oxygen atoms in total. The van der Waals surface area contributed by atoms with Crippen LogP contribution in [0.15, 0.2) is 48.5 Å². The van der Waals surface area contributed by atoms with Crippen molar-refractivity contribution in [1.82, 2.24) is 0 Å². The standard InChI is InChI=1S/C20H20O3/c21-16-7-8-17-15(12-16)6-9-18-20(17,11-10-19(22)23-18)13-14-4-2-1-3-5-14/h1-5,7-8,12,18,21H,6,9-11,13H2. The highest BCUT2D eigenvalue weighted by molar-refractivity contribution is 5.71. The second kappa shape index (κ2) is 5.41. The first-order valence-electron chi connectivity index (χ1n) is 8.23. The maximum atomic E-state index is 11.8. The van der Waals surface area contributed by atoms with E-state index in [0.29, 0.717) is 12.2 Å². The molecule has 0 spiro atoms. The van der Waals surface area contributed by atoms with Gasteiger partial charge in [-0.15, -0.1) is 0 Å². The van der Waals surface area contributed by atoms with Gasteiger partial charge in [0.2, 0.25) is 0 Å². The number of carbonyl (C=O) groups is 1. The molecule has 0 aromatic heterocycles. The number of phenols is 1. The molecule has 1 N–H and O–H groups in total. The molecule has 0 bridgehead atoms. The number of aromatic hydroxyl groups is 1. The van der Waals surface area contributed by atoms with Crippen molar-refractivity contribution < 1.29 is 14.6 Å². The third kappa shape index (κ3) is 2.40. The van der Waals surface area contributed by atoms with Gasteiger partial charge in [0.05, 0.1) is 0 Å². The van der Waals surface area contributed by atoms with Gasteiger partial charge < -0.3 is 9.84 Å². The van der Waals surface area contributed by atoms with Gasteiger partial charge in [0.1, 0.15) is 11.9 Å². The van der Waals surface area contributed by atoms with Gasteiger partial charge in [0.25, 0.3) is 0 Å². The molecule has 3 heteroatoms. The Hall–Kier alpha value is -2.29. The number of aryl methyl sites for hydroxylation is 1. The SMILES string of the molecule is O=C1CCC2(Cc3ccccc3)c3ccc(O)cc3CCC2O1. The number of rotatable bonds is 2. The summed E-state index contributed by atoms with van der Waals surface area (Å²) in [5.41, 5.74) is 3.52. The summed E-state index contributed by atoms with van der Waals surface area (Å²) >= 11 is 0. The van der Waals surface area contributed by atoms with Crippen LogP contribution in [-0.4, -0.2) is 17.2 Å². The van der Waals surface area contributed by atoms with E-state index in [1.54, 1.807) is 6.07 Å². The minimum atomic E-state index is -0.170. The smallest absolute Gasteiger partial charge is 0.306 e. The number of benzene rings is 2. The third-order valence-electron chi connectivity index (χ3n) is 5.33. The van der Waals surface area contributed by atoms with E-state index in [9.17, 15) is 9.90 Å². The molecule has 1 heterocycles. The number of carbonyl (C=O) groups excluding carboxylic acids is 1. The first-order valence-corrected chi connectivity index (χ1v) is 8.23. The van der Waals surface area contributed by atoms with Crippen LogP contribution in [0.3, 0.4) is 0 Å². The molecule has 1 saturated heterocycles. The number of fused-ring (bicyclic) bond motifs is 3. The van der Waals surface area contributed by atoms with E-state index < -0.39 is 0 Å². The fourth-order valence-electron chi connectivity index (χ4n) is 4.28. The fourth-order valence-corrected chi connectivity index (χ4v) is 4.28. The second-order valence-corrected chi connectivity index (χ2v) is 6.68. The van der Waals surface area contributed by atoms with Crippen molar-refractivity contribution >= 4 is 5.97 Å². The van der Waals surface area contributed by atoms with Crippen LogP contribution in [0.2, 0.25) is 0 Å². The minimum absolute atomic E-state index is 0.0685. The van der Waals surface area contributed by atoms with Crippen molar-refractivity contribution in [1.29, 1.82) is 0 Å². The van der Waals surface area contributed by atoms with E-state index in [4.69, 9.17) is 4.74 Å². The van der Waals surface area contributed by atoms with E-state index in [1.807, 2.05) is 18.2 Å². The van der Waals surface area contributed by atoms with Crippen LogP contribution in [0.5, 0.6) is 5.75 Å². The average molecular weight is 308 g/mol. The topological polar surface area (TPSA) is 46.5 Å². The highest BCUT2D eigenvalue weighted by atomic mass is 16.5. The van der Waals surface area contributed by atoms with E-state index in [2.05, 4.69) is 24.3 Å². The normalized spacial score (nSPS) is 26.1. The van der Waals surface area contributed by atoms with Gasteiger partial charge in [-0.1, -0.05) is 36.4 Å². The molecule has 0 radical (unpaired) electrons. The Balaban J connectivity index is 1.82. The van der Waals surface area contributed by atoms with Crippen LogP contribution in [0.25, 0.3) is 0 Å². The van der Waals surface area contributed by atoms with E-state index >= 15 is 0 Å². The monoisotopic (exact) mass is 308 g/mol. The predicted octanol–water partition coefficient (Wildman–Crippen LogP) is 3.52. The van der Waals surface area contributed by atoms with Gasteiger partial charge in [-0.3, -0.25) is 4.79 Å². The van der Waals surface area contributed by atoms with E-state index in [0.717, 1.165) is 25.7 Å². The summed E-state index contributed by atoms with van der Waals surface area (Å²) in [4.78, 5) is 11.8. The lowest BCUT2D eigenvalue weighted by atomic mass is 9.62. The molecule has 2 aromatic carbocycles. The summed E-state index contributed by atoms with van der Waals surface area (Å²) in [6, 6.07) is 16.0. The Bertz CT molecular complexity index is 738. The van der Waals surface area contributed by atoms with Crippen LogP contribution in [0, 0.1) is 0 Å². The Morgan fingerprint density at radius 3 is 2.78 bits per heavy atom. The molecule has 4 rings (SSSR count). The van der Waals surface area contributed by atoms with E-state index in [1.165, 1.54) is 16.7 Å². The highest BCUT2D eigenvalue weighted by Gasteiger charge is 2.49. The Labute approximate surface area is 135 Å². The Morgan fingerprint density at radius 1 is 1.13 bits per heavy atom. The van der Waals surface area contributed by atoms with Crippen LogP contribution in [0.1, 0.15) is 36.0 Å². The van der Waals surface area contributed by atoms with Crippen molar-refractivity contribution in [2.24, 2.45) is 0 Å². The summed E-state index contributed by atoms with van der Waals surface area (Å²) in [7, 11) is 0. The molecule has 1 aliphatic carbocycles. The maximum absolute atomic E-state index is 11.8. The van der Waals surface area contributed by atoms with Crippen LogP contribution in [0.4, 0.5) is 0 Å². The lowest BCUT2D eigenvalue weighted by Gasteiger charge is -2.47. The molecule has 0 amide bonds. The van der Waals surface area contributed by atoms with Gasteiger partial charge in [-0.25, -0.2) is 0 Å². The minimum Gasteiger partial charge on any atom is -0.508 e. The molecular formula is C20H20O3. The molecule has 23 heavy (non-hydrogen) atoms. The van der Waals surface area contributed by atoms with Crippen molar-refractivity contribution in [3.8, 4) is 5.75 Å². The highest BCUT2D eigenvalue weighted by Crippen LogP contribution is 2.47. The van der Waals surface area contributed by atoms with Gasteiger partial charge in [-0.05, 0) is 54.5 Å². The number of ether oxygens (including phenoxy) is 1. The second-order valence-electron chi connectivity index (χ2n) is 6.68. The molecule has 1 fully saturated rings. The zero-order valence-electron chi connectivity index (χ0n) is 13.0. The van der Waals surface area contributed by atoms with Crippen molar-refractivity contribution in [2.75, 3.05) is 0 Å². The van der Waals surface area contributed by atoms with Gasteiger partial charge in [0.15, 0.2) is 0 Å². The molecule has 118 valence electrons. The lowest BCUT2D eigenvalue weighted by Crippen LogP contribution is -2.51. The van der Waals surface area contributed by atoms with Crippen molar-refractivity contribution in [3.63, 3.8) is 0 Å². The van der Waals surface area contributed by atoms with E-state index in [-0.39, 0.29) is 17.5 Å². The summed E-state index contributed by atoms with van der Waals surface area (Å²) in [6.07, 6.45) is 3.74. The van der Waals surface area contributed by atoms with Crippen molar-refractivity contribution in [3.05, 3.63) is 65.2 Å². The number of esters is 1. The summed E-state index contributed by atoms with van der Waals surface area (Å²) < 4.78 is 5.75. The number of phenolic OH excluding ortho intramolecular Hbond substituents is 1. The predicted molar refractivity (Wildman–Crippen MR) is 87.4 cm³/mol. The molecule has 2 aliphatic rings. The Kier molecular flexibility index (Phi) is 3.37. The zero-order valence-corrected chi connectivity index (χ0v) is 13.0. The summed E-state index contributed by atoms with van der Waals surface area (Å²) in [5.74, 6) is 0.228. The quantitative estimate of drug-likeness (QED) is 0.863. The molecule has 0 saturated carbocycles. The Morgan fingerprint density at radius 2 is 1.96 bits per heavy atom. The number of hydrogen-bond acceptors (Lipinski definition) is 3. The molecule has 2 unspecified atom stereocenters. The van der Waals surface area contributed by atoms with Gasteiger partial charge in [-0.2, -0.15) is 0 Å². The number of hydrogen-bond donors (Lipinski definition) is 1. The van der Waals surface area contributed by atoms with Gasteiger partial charge >= 0.3 is 5.97 Å². The average Bonchev–Trinajstić information content (AvgIpc) is 2.56. The first-order chi connectivity index (χ1) is 11.2. The third-order valence-corrected chi connectivity index (χ3v) is 5.33. The summed E-state index contributed by atoms with van der Waals surface area (Å²) in [5, 5.41) is 9.81. The first kappa shape index (κ1) is 14.3. The lowest BCUT2D eigenvalue weighted by molar-refractivity contribution is -0.162. The van der Waals surface area contributed by atoms with Crippen LogP contribution >= 0.6 is 0 Å². The zero-order chi connectivity index (χ0) is 15.9. The molecule has 2 aromatic rings. The molecular weight excluding hydrogens is 288 g/mol. The molecule has 1 aliphatic heterocycles. The maximum Gasteiger partial charge on any atom is 0.306 e. The van der Waals surface area contributed by atoms with Crippen LogP contribution in [-0.2, 0) is 27.8 Å². The molecule has 2 atom stereocenters. The fraction of sp³-hybridized carbons (Fsp3) is 0.350.